The summed E-state index contributed by atoms with van der Waals surface area (Å²) in [6.45, 7) is -0.336. The van der Waals surface area contributed by atoms with Gasteiger partial charge in [0.1, 0.15) is 0 Å². The molecule has 7 nitrogen and oxygen atoms in total. The molecule has 7 heteroatoms. The molecule has 1 aliphatic heterocycles. The number of aromatic amines is 1. The van der Waals surface area contributed by atoms with Crippen molar-refractivity contribution < 1.29 is 23.8 Å². The van der Waals surface area contributed by atoms with E-state index in [0.717, 1.165) is 6.07 Å². The Hall–Kier alpha value is -3.61. The van der Waals surface area contributed by atoms with Crippen molar-refractivity contribution in [1.82, 2.24) is 4.98 Å². The quantitative estimate of drug-likeness (QED) is 0.572. The predicted octanol–water partition coefficient (Wildman–Crippen LogP) is 2.30. The molecule has 0 bridgehead atoms. The third kappa shape index (κ3) is 2.90. The van der Waals surface area contributed by atoms with Crippen LogP contribution in [0.2, 0.25) is 0 Å². The number of ketones is 1. The average molecular weight is 351 g/mol. The van der Waals surface area contributed by atoms with Crippen LogP contribution in [0.3, 0.4) is 0 Å². The minimum atomic E-state index is -0.735. The van der Waals surface area contributed by atoms with Gasteiger partial charge in [0.25, 0.3) is 0 Å². The maximum Gasteiger partial charge on any atom is 0.339 e. The van der Waals surface area contributed by atoms with Crippen molar-refractivity contribution in [1.29, 1.82) is 0 Å². The average Bonchev–Trinajstić information content (AvgIpc) is 3.12. The fourth-order valence-corrected chi connectivity index (χ4v) is 2.74. The molecule has 3 aromatic rings. The van der Waals surface area contributed by atoms with Gasteiger partial charge < -0.3 is 19.2 Å². The molecule has 0 atom stereocenters. The van der Waals surface area contributed by atoms with Gasteiger partial charge in [0.2, 0.25) is 12.4 Å². The van der Waals surface area contributed by atoms with Crippen molar-refractivity contribution in [3.05, 3.63) is 70.0 Å². The molecule has 2 aromatic carbocycles. The lowest BCUT2D eigenvalue weighted by Gasteiger charge is -2.07. The number of aromatic nitrogens is 1. The zero-order valence-corrected chi connectivity index (χ0v) is 13.5. The summed E-state index contributed by atoms with van der Waals surface area (Å²) >= 11 is 0. The van der Waals surface area contributed by atoms with Gasteiger partial charge in [-0.25, -0.2) is 4.79 Å². The van der Waals surface area contributed by atoms with Crippen LogP contribution in [0.5, 0.6) is 11.5 Å². The number of carbonyl (C=O) groups excluding carboxylic acids is 2. The van der Waals surface area contributed by atoms with Crippen LogP contribution in [0, 0.1) is 0 Å². The number of carbonyl (C=O) groups is 2. The van der Waals surface area contributed by atoms with E-state index < -0.39 is 18.1 Å². The standard InChI is InChI=1S/C19H13NO6/c21-15(11-5-6-16-17(7-11)26-10-25-16)9-24-19(23)13-8-18(22)20-14-4-2-1-3-12(13)14/h1-8H,9-10H2,(H,20,22). The predicted molar refractivity (Wildman–Crippen MR) is 91.7 cm³/mol. The summed E-state index contributed by atoms with van der Waals surface area (Å²) in [5, 5.41) is 0.549. The number of H-pyrrole nitrogens is 1. The normalized spacial score (nSPS) is 12.2. The Bertz CT molecular complexity index is 1080. The maximum absolute atomic E-state index is 12.4. The Morgan fingerprint density at radius 1 is 1.04 bits per heavy atom. The highest BCUT2D eigenvalue weighted by Gasteiger charge is 2.18. The van der Waals surface area contributed by atoms with Crippen LogP contribution >= 0.6 is 0 Å². The summed E-state index contributed by atoms with van der Waals surface area (Å²) in [7, 11) is 0. The minimum absolute atomic E-state index is 0.109. The first-order valence-electron chi connectivity index (χ1n) is 7.84. The third-order valence-corrected chi connectivity index (χ3v) is 4.00. The maximum atomic E-state index is 12.4. The van der Waals surface area contributed by atoms with Crippen molar-refractivity contribution in [2.24, 2.45) is 0 Å². The number of benzene rings is 2. The van der Waals surface area contributed by atoms with Gasteiger partial charge in [-0.1, -0.05) is 18.2 Å². The molecule has 0 saturated carbocycles. The summed E-state index contributed by atoms with van der Waals surface area (Å²) in [4.78, 5) is 39.0. The second-order valence-electron chi connectivity index (χ2n) is 5.66. The van der Waals surface area contributed by atoms with E-state index in [4.69, 9.17) is 14.2 Å². The van der Waals surface area contributed by atoms with Gasteiger partial charge in [-0.15, -0.1) is 0 Å². The molecule has 0 unspecified atom stereocenters. The van der Waals surface area contributed by atoms with Crippen molar-refractivity contribution in [3.8, 4) is 11.5 Å². The minimum Gasteiger partial charge on any atom is -0.454 e. The van der Waals surface area contributed by atoms with Crippen LogP contribution in [0.25, 0.3) is 10.9 Å². The third-order valence-electron chi connectivity index (χ3n) is 4.00. The molecular formula is C19H13NO6. The first kappa shape index (κ1) is 15.9. The molecule has 26 heavy (non-hydrogen) atoms. The lowest BCUT2D eigenvalue weighted by Crippen LogP contribution is -2.17. The number of fused-ring (bicyclic) bond motifs is 2. The Kier molecular flexibility index (Phi) is 3.89. The zero-order valence-electron chi connectivity index (χ0n) is 13.5. The Labute approximate surface area is 147 Å². The molecule has 130 valence electrons. The Morgan fingerprint density at radius 2 is 1.85 bits per heavy atom. The fraction of sp³-hybridized carbons (Fsp3) is 0.105. The fourth-order valence-electron chi connectivity index (χ4n) is 2.74. The molecule has 1 aliphatic rings. The van der Waals surface area contributed by atoms with Gasteiger partial charge in [-0.2, -0.15) is 0 Å². The number of pyridine rings is 1. The van der Waals surface area contributed by atoms with Gasteiger partial charge >= 0.3 is 5.97 Å². The van der Waals surface area contributed by atoms with Crippen molar-refractivity contribution in [3.63, 3.8) is 0 Å². The number of esters is 1. The van der Waals surface area contributed by atoms with E-state index in [1.807, 2.05) is 0 Å². The Balaban J connectivity index is 1.52. The first-order chi connectivity index (χ1) is 12.6. The van der Waals surface area contributed by atoms with Crippen LogP contribution < -0.4 is 15.0 Å². The van der Waals surface area contributed by atoms with E-state index in [1.54, 1.807) is 42.5 Å². The molecule has 0 fully saturated rings. The molecule has 1 N–H and O–H groups in total. The number of nitrogens with one attached hydrogen (secondary N) is 1. The van der Waals surface area contributed by atoms with E-state index in [2.05, 4.69) is 4.98 Å². The molecule has 2 heterocycles. The summed E-state index contributed by atoms with van der Waals surface area (Å²) < 4.78 is 15.5. The van der Waals surface area contributed by atoms with Crippen LogP contribution in [0.4, 0.5) is 0 Å². The van der Waals surface area contributed by atoms with E-state index in [0.29, 0.717) is 28.0 Å². The summed E-state index contributed by atoms with van der Waals surface area (Å²) in [6.07, 6.45) is 0. The summed E-state index contributed by atoms with van der Waals surface area (Å²) in [6, 6.07) is 12.8. The number of hydrogen-bond acceptors (Lipinski definition) is 6. The summed E-state index contributed by atoms with van der Waals surface area (Å²) in [5.41, 5.74) is 0.562. The second kappa shape index (κ2) is 6.36. The Morgan fingerprint density at radius 3 is 2.73 bits per heavy atom. The molecule has 0 amide bonds. The number of ether oxygens (including phenoxy) is 3. The molecule has 1 aromatic heterocycles. The number of hydrogen-bond donors (Lipinski definition) is 1. The molecule has 4 rings (SSSR count). The van der Waals surface area contributed by atoms with Crippen LogP contribution in [0.1, 0.15) is 20.7 Å². The highest BCUT2D eigenvalue weighted by Crippen LogP contribution is 2.32. The number of para-hydroxylation sites is 1. The number of Topliss-reactive ketones (excluding diaryl/α,β-unsaturated/α-hetero) is 1. The van der Waals surface area contributed by atoms with E-state index in [1.165, 1.54) is 0 Å². The lowest BCUT2D eigenvalue weighted by molar-refractivity contribution is 0.0476. The monoisotopic (exact) mass is 351 g/mol. The lowest BCUT2D eigenvalue weighted by atomic mass is 10.1. The van der Waals surface area contributed by atoms with Gasteiger partial charge in [0, 0.05) is 22.5 Å². The topological polar surface area (TPSA) is 94.7 Å². The van der Waals surface area contributed by atoms with Crippen molar-refractivity contribution in [2.45, 2.75) is 0 Å². The highest BCUT2D eigenvalue weighted by atomic mass is 16.7. The number of rotatable bonds is 4. The van der Waals surface area contributed by atoms with Gasteiger partial charge in [0.15, 0.2) is 23.9 Å². The van der Waals surface area contributed by atoms with Gasteiger partial charge in [-0.05, 0) is 24.3 Å². The van der Waals surface area contributed by atoms with Crippen LogP contribution in [-0.2, 0) is 4.74 Å². The van der Waals surface area contributed by atoms with Gasteiger partial charge in [0.05, 0.1) is 5.56 Å². The van der Waals surface area contributed by atoms with Crippen molar-refractivity contribution in [2.75, 3.05) is 13.4 Å². The van der Waals surface area contributed by atoms with E-state index in [-0.39, 0.29) is 18.1 Å². The van der Waals surface area contributed by atoms with Crippen LogP contribution in [-0.4, -0.2) is 30.1 Å². The molecule has 0 radical (unpaired) electrons. The van der Waals surface area contributed by atoms with E-state index in [9.17, 15) is 14.4 Å². The molecule has 0 saturated heterocycles. The smallest absolute Gasteiger partial charge is 0.339 e. The van der Waals surface area contributed by atoms with Crippen LogP contribution in [0.15, 0.2) is 53.3 Å². The van der Waals surface area contributed by atoms with E-state index >= 15 is 0 Å². The zero-order chi connectivity index (χ0) is 18.1. The SMILES string of the molecule is O=C(COC(=O)c1cc(=O)[nH]c2ccccc12)c1ccc2c(c1)OCO2. The summed E-state index contributed by atoms with van der Waals surface area (Å²) in [5.74, 6) is -0.0801. The molecular weight excluding hydrogens is 338 g/mol. The second-order valence-corrected chi connectivity index (χ2v) is 5.66. The first-order valence-corrected chi connectivity index (χ1v) is 7.84. The van der Waals surface area contributed by atoms with Gasteiger partial charge in [-0.3, -0.25) is 9.59 Å². The molecule has 0 aliphatic carbocycles. The van der Waals surface area contributed by atoms with Crippen molar-refractivity contribution >= 4 is 22.7 Å². The largest absolute Gasteiger partial charge is 0.454 e. The molecule has 0 spiro atoms. The highest BCUT2D eigenvalue weighted by molar-refractivity contribution is 6.05.